The maximum atomic E-state index is 12.8. The van der Waals surface area contributed by atoms with Gasteiger partial charge in [-0.05, 0) is 18.6 Å². The molecule has 0 atom stereocenters. The van der Waals surface area contributed by atoms with E-state index in [4.69, 9.17) is 0 Å². The monoisotopic (exact) mass is 299 g/mol. The summed E-state index contributed by atoms with van der Waals surface area (Å²) in [5.41, 5.74) is 1.77. The van der Waals surface area contributed by atoms with E-state index < -0.39 is 0 Å². The lowest BCUT2D eigenvalue weighted by molar-refractivity contribution is -0.128. The van der Waals surface area contributed by atoms with E-state index in [1.807, 2.05) is 51.7 Å². The first-order chi connectivity index (χ1) is 10.6. The fraction of sp³-hybridized carbons (Fsp3) is 0.412. The Labute approximate surface area is 130 Å². The van der Waals surface area contributed by atoms with E-state index in [9.17, 15) is 9.59 Å². The van der Waals surface area contributed by atoms with Crippen molar-refractivity contribution < 1.29 is 9.59 Å². The van der Waals surface area contributed by atoms with Gasteiger partial charge in [0.15, 0.2) is 0 Å². The van der Waals surface area contributed by atoms with Gasteiger partial charge in [-0.3, -0.25) is 9.59 Å². The molecule has 1 aromatic heterocycles. The summed E-state index contributed by atoms with van der Waals surface area (Å²) >= 11 is 0. The lowest BCUT2D eigenvalue weighted by Gasteiger charge is -2.21. The van der Waals surface area contributed by atoms with Gasteiger partial charge in [0.2, 0.25) is 5.91 Å². The summed E-state index contributed by atoms with van der Waals surface area (Å²) < 4.78 is 1.95. The van der Waals surface area contributed by atoms with Crippen molar-refractivity contribution in [1.82, 2.24) is 14.4 Å². The highest BCUT2D eigenvalue weighted by Crippen LogP contribution is 2.20. The van der Waals surface area contributed by atoms with E-state index in [1.165, 1.54) is 0 Å². The average molecular weight is 299 g/mol. The maximum absolute atomic E-state index is 12.8. The van der Waals surface area contributed by atoms with Gasteiger partial charge in [0.25, 0.3) is 5.91 Å². The number of para-hydroxylation sites is 1. The van der Waals surface area contributed by atoms with Crippen molar-refractivity contribution in [3.8, 4) is 0 Å². The van der Waals surface area contributed by atoms with E-state index in [0.29, 0.717) is 25.3 Å². The summed E-state index contributed by atoms with van der Waals surface area (Å²) in [6.45, 7) is 4.23. The number of carbonyl (C=O) groups excluding carboxylic acids is 2. The zero-order valence-electron chi connectivity index (χ0n) is 13.1. The van der Waals surface area contributed by atoms with Crippen LogP contribution in [-0.4, -0.2) is 52.4 Å². The van der Waals surface area contributed by atoms with Crippen LogP contribution in [-0.2, 0) is 11.8 Å². The van der Waals surface area contributed by atoms with Crippen LogP contribution < -0.4 is 0 Å². The first-order valence-corrected chi connectivity index (χ1v) is 7.67. The van der Waals surface area contributed by atoms with Gasteiger partial charge in [0, 0.05) is 51.1 Å². The van der Waals surface area contributed by atoms with Gasteiger partial charge in [-0.1, -0.05) is 18.2 Å². The second-order valence-electron chi connectivity index (χ2n) is 5.80. The third kappa shape index (κ3) is 2.58. The van der Waals surface area contributed by atoms with Gasteiger partial charge < -0.3 is 14.4 Å². The average Bonchev–Trinajstić information content (AvgIpc) is 2.71. The van der Waals surface area contributed by atoms with Gasteiger partial charge in [-0.15, -0.1) is 0 Å². The number of aromatic nitrogens is 1. The zero-order chi connectivity index (χ0) is 15.7. The minimum absolute atomic E-state index is 0.0455. The Kier molecular flexibility index (Phi) is 3.88. The van der Waals surface area contributed by atoms with Crippen LogP contribution in [0.15, 0.2) is 30.3 Å². The Hall–Kier alpha value is -2.30. The zero-order valence-corrected chi connectivity index (χ0v) is 13.1. The molecule has 1 aromatic carbocycles. The fourth-order valence-electron chi connectivity index (χ4n) is 3.09. The third-order valence-electron chi connectivity index (χ3n) is 4.40. The number of amides is 2. The van der Waals surface area contributed by atoms with Crippen LogP contribution >= 0.6 is 0 Å². The normalized spacial score (nSPS) is 15.9. The molecule has 2 aromatic rings. The Morgan fingerprint density at radius 1 is 1.00 bits per heavy atom. The van der Waals surface area contributed by atoms with Crippen molar-refractivity contribution >= 4 is 22.7 Å². The number of nitrogens with zero attached hydrogens (tertiary/aromatic N) is 3. The van der Waals surface area contributed by atoms with Crippen LogP contribution in [0.3, 0.4) is 0 Å². The van der Waals surface area contributed by atoms with Crippen LogP contribution in [0.25, 0.3) is 10.9 Å². The number of hydrogen-bond acceptors (Lipinski definition) is 2. The molecular weight excluding hydrogens is 278 g/mol. The number of hydrogen-bond donors (Lipinski definition) is 0. The summed E-state index contributed by atoms with van der Waals surface area (Å²) in [7, 11) is 1.93. The molecule has 0 unspecified atom stereocenters. The largest absolute Gasteiger partial charge is 0.341 e. The van der Waals surface area contributed by atoms with Gasteiger partial charge in [-0.2, -0.15) is 0 Å². The van der Waals surface area contributed by atoms with Crippen molar-refractivity contribution in [2.45, 2.75) is 13.3 Å². The third-order valence-corrected chi connectivity index (χ3v) is 4.40. The lowest BCUT2D eigenvalue weighted by Crippen LogP contribution is -2.37. The van der Waals surface area contributed by atoms with Crippen LogP contribution in [0, 0.1) is 0 Å². The summed E-state index contributed by atoms with van der Waals surface area (Å²) in [6.07, 6.45) is 0.829. The van der Waals surface area contributed by atoms with E-state index in [2.05, 4.69) is 0 Å². The molecule has 1 fully saturated rings. The number of fused-ring (bicyclic) bond motifs is 1. The molecule has 3 rings (SSSR count). The predicted molar refractivity (Wildman–Crippen MR) is 85.7 cm³/mol. The molecule has 0 bridgehead atoms. The number of rotatable bonds is 1. The van der Waals surface area contributed by atoms with Crippen LogP contribution in [0.1, 0.15) is 23.8 Å². The molecule has 0 N–H and O–H groups in total. The Morgan fingerprint density at radius 3 is 2.41 bits per heavy atom. The van der Waals surface area contributed by atoms with Crippen molar-refractivity contribution in [1.29, 1.82) is 0 Å². The summed E-state index contributed by atoms with van der Waals surface area (Å²) in [4.78, 5) is 28.0. The minimum Gasteiger partial charge on any atom is -0.341 e. The molecule has 2 heterocycles. The molecule has 1 aliphatic heterocycles. The number of aryl methyl sites for hydroxylation is 1. The van der Waals surface area contributed by atoms with E-state index in [1.54, 1.807) is 6.92 Å². The minimum atomic E-state index is 0.0455. The van der Waals surface area contributed by atoms with Crippen LogP contribution in [0.2, 0.25) is 0 Å². The summed E-state index contributed by atoms with van der Waals surface area (Å²) in [6, 6.07) is 9.95. The van der Waals surface area contributed by atoms with Crippen molar-refractivity contribution in [3.63, 3.8) is 0 Å². The highest BCUT2D eigenvalue weighted by atomic mass is 16.2. The first-order valence-electron chi connectivity index (χ1n) is 7.67. The first kappa shape index (κ1) is 14.6. The van der Waals surface area contributed by atoms with Gasteiger partial charge >= 0.3 is 0 Å². The molecule has 0 aliphatic carbocycles. The molecule has 0 saturated carbocycles. The number of carbonyl (C=O) groups is 2. The van der Waals surface area contributed by atoms with Crippen molar-refractivity contribution in [2.24, 2.45) is 7.05 Å². The second kappa shape index (κ2) is 5.83. The molecule has 2 amide bonds. The van der Waals surface area contributed by atoms with Gasteiger partial charge in [0.1, 0.15) is 5.69 Å². The summed E-state index contributed by atoms with van der Waals surface area (Å²) in [5, 5.41) is 1.08. The standard InChI is InChI=1S/C17H21N3O2/c1-13(21)19-8-5-9-20(11-10-19)17(22)16-12-14-6-3-4-7-15(14)18(16)2/h3-4,6-7,12H,5,8-11H2,1-2H3. The molecule has 116 valence electrons. The predicted octanol–water partition coefficient (Wildman–Crippen LogP) is 1.87. The Bertz CT molecular complexity index is 720. The SMILES string of the molecule is CC(=O)N1CCCN(C(=O)c2cc3ccccc3n2C)CC1. The van der Waals surface area contributed by atoms with Crippen molar-refractivity contribution in [2.75, 3.05) is 26.2 Å². The fourth-order valence-corrected chi connectivity index (χ4v) is 3.09. The highest BCUT2D eigenvalue weighted by Gasteiger charge is 2.23. The van der Waals surface area contributed by atoms with E-state index in [0.717, 1.165) is 23.9 Å². The smallest absolute Gasteiger partial charge is 0.270 e. The van der Waals surface area contributed by atoms with Crippen LogP contribution in [0.5, 0.6) is 0 Å². The molecule has 0 spiro atoms. The Balaban J connectivity index is 1.83. The van der Waals surface area contributed by atoms with Gasteiger partial charge in [0.05, 0.1) is 0 Å². The molecule has 1 saturated heterocycles. The topological polar surface area (TPSA) is 45.6 Å². The quantitative estimate of drug-likeness (QED) is 0.807. The molecule has 1 aliphatic rings. The lowest BCUT2D eigenvalue weighted by atomic mass is 10.2. The second-order valence-corrected chi connectivity index (χ2v) is 5.80. The van der Waals surface area contributed by atoms with Gasteiger partial charge in [-0.25, -0.2) is 0 Å². The molecule has 5 heteroatoms. The van der Waals surface area contributed by atoms with Crippen LogP contribution in [0.4, 0.5) is 0 Å². The highest BCUT2D eigenvalue weighted by molar-refractivity contribution is 5.98. The number of benzene rings is 1. The molecule has 22 heavy (non-hydrogen) atoms. The van der Waals surface area contributed by atoms with Crippen molar-refractivity contribution in [3.05, 3.63) is 36.0 Å². The summed E-state index contributed by atoms with van der Waals surface area (Å²) in [5.74, 6) is 0.128. The van der Waals surface area contributed by atoms with E-state index in [-0.39, 0.29) is 11.8 Å². The maximum Gasteiger partial charge on any atom is 0.270 e. The molecule has 5 nitrogen and oxygen atoms in total. The Morgan fingerprint density at radius 2 is 1.68 bits per heavy atom. The van der Waals surface area contributed by atoms with E-state index >= 15 is 0 Å². The molecule has 0 radical (unpaired) electrons. The molecular formula is C17H21N3O2.